The fourth-order valence-electron chi connectivity index (χ4n) is 1.26. The van der Waals surface area contributed by atoms with E-state index in [0.29, 0.717) is 0 Å². The lowest BCUT2D eigenvalue weighted by molar-refractivity contribution is 0.776. The summed E-state index contributed by atoms with van der Waals surface area (Å²) in [5, 5.41) is 0. The van der Waals surface area contributed by atoms with Crippen LogP contribution in [-0.2, 0) is 19.4 Å². The Morgan fingerprint density at radius 1 is 1.00 bits per heavy atom. The molecule has 0 aromatic carbocycles. The van der Waals surface area contributed by atoms with Crippen LogP contribution in [0.25, 0.3) is 0 Å². The Morgan fingerprint density at radius 3 is 2.00 bits per heavy atom. The van der Waals surface area contributed by atoms with Crippen molar-refractivity contribution < 1.29 is 0 Å². The van der Waals surface area contributed by atoms with Crippen molar-refractivity contribution in [1.82, 2.24) is 0 Å². The van der Waals surface area contributed by atoms with Crippen LogP contribution >= 0.6 is 0 Å². The first-order valence-corrected chi connectivity index (χ1v) is 9.06. The van der Waals surface area contributed by atoms with Gasteiger partial charge in [-0.2, -0.15) is 4.47 Å². The second-order valence-electron chi connectivity index (χ2n) is 3.59. The number of unbranched alkanes of at least 4 members (excludes halogenated alkanes) is 4. The summed E-state index contributed by atoms with van der Waals surface area (Å²) < 4.78 is 11.9. The summed E-state index contributed by atoms with van der Waals surface area (Å²) >= 11 is 0. The molecule has 0 fully saturated rings. The predicted molar refractivity (Wildman–Crippen MR) is 72.8 cm³/mol. The molecule has 15 heavy (non-hydrogen) atoms. The second kappa shape index (κ2) is 10.8. The molecule has 5 heteroatoms. The number of hydrogen-bond acceptors (Lipinski definition) is 2. The molecule has 0 aliphatic carbocycles. The lowest BCUT2D eigenvalue weighted by Crippen LogP contribution is -2.09. The molecule has 92 valence electrons. The van der Waals surface area contributed by atoms with Crippen LogP contribution in [0.2, 0.25) is 0 Å². The van der Waals surface area contributed by atoms with Gasteiger partial charge in [0.1, 0.15) is 0 Å². The van der Waals surface area contributed by atoms with Gasteiger partial charge < -0.3 is 0 Å². The van der Waals surface area contributed by atoms with E-state index in [-0.39, 0.29) is 19.4 Å². The first-order valence-electron chi connectivity index (χ1n) is 5.80. The SMILES string of the molecule is CCCCCS(=N)S(CCCCC)=NN. The van der Waals surface area contributed by atoms with E-state index in [1.165, 1.54) is 32.1 Å². The summed E-state index contributed by atoms with van der Waals surface area (Å²) in [4.78, 5) is 0. The molecule has 0 aromatic heterocycles. The van der Waals surface area contributed by atoms with E-state index in [0.717, 1.165) is 17.9 Å². The maximum Gasteiger partial charge on any atom is 0.0164 e. The van der Waals surface area contributed by atoms with Crippen LogP contribution in [0.5, 0.6) is 0 Å². The highest BCUT2D eigenvalue weighted by molar-refractivity contribution is 8.62. The Hall–Kier alpha value is 0.260. The molecule has 0 saturated heterocycles. The van der Waals surface area contributed by atoms with Crippen molar-refractivity contribution in [3.63, 3.8) is 0 Å². The average molecular weight is 251 g/mol. The largest absolute Gasteiger partial charge is 0.269 e. The summed E-state index contributed by atoms with van der Waals surface area (Å²) in [7, 11) is -0.511. The van der Waals surface area contributed by atoms with Gasteiger partial charge in [-0.3, -0.25) is 4.78 Å². The Morgan fingerprint density at radius 2 is 1.53 bits per heavy atom. The van der Waals surface area contributed by atoms with E-state index in [2.05, 4.69) is 18.3 Å². The lowest BCUT2D eigenvalue weighted by atomic mass is 10.3. The molecule has 0 heterocycles. The second-order valence-corrected chi connectivity index (χ2v) is 8.32. The van der Waals surface area contributed by atoms with E-state index in [4.69, 9.17) is 10.6 Å². The summed E-state index contributed by atoms with van der Waals surface area (Å²) in [5.41, 5.74) is 0. The molecule has 0 bridgehead atoms. The molecule has 3 nitrogen and oxygen atoms in total. The minimum absolute atomic E-state index is 0.184. The minimum atomic E-state index is -0.327. The number of hydrogen-bond donors (Lipinski definition) is 2. The zero-order valence-electron chi connectivity index (χ0n) is 10.00. The third-order valence-electron chi connectivity index (χ3n) is 2.21. The lowest BCUT2D eigenvalue weighted by Gasteiger charge is -2.09. The van der Waals surface area contributed by atoms with Crippen LogP contribution < -0.4 is 5.84 Å². The van der Waals surface area contributed by atoms with Crippen LogP contribution in [-0.4, -0.2) is 11.5 Å². The van der Waals surface area contributed by atoms with Crippen molar-refractivity contribution in [2.75, 3.05) is 11.5 Å². The number of rotatable bonds is 9. The fraction of sp³-hybridized carbons (Fsp3) is 1.00. The highest BCUT2D eigenvalue weighted by Crippen LogP contribution is 2.06. The molecule has 0 amide bonds. The van der Waals surface area contributed by atoms with Gasteiger partial charge in [-0.15, -0.1) is 0 Å². The summed E-state index contributed by atoms with van der Waals surface area (Å²) in [6, 6.07) is 0. The first-order chi connectivity index (χ1) is 7.26. The molecule has 0 radical (unpaired) electrons. The van der Waals surface area contributed by atoms with Crippen LogP contribution in [0.1, 0.15) is 52.4 Å². The predicted octanol–water partition coefficient (Wildman–Crippen LogP) is 3.34. The Bertz CT molecular complexity index is 205. The molecule has 2 atom stereocenters. The van der Waals surface area contributed by atoms with Crippen molar-refractivity contribution in [3.8, 4) is 0 Å². The van der Waals surface area contributed by atoms with Crippen molar-refractivity contribution in [2.24, 2.45) is 10.3 Å². The third-order valence-corrected chi connectivity index (χ3v) is 6.85. The van der Waals surface area contributed by atoms with Gasteiger partial charge in [0, 0.05) is 11.5 Å². The maximum atomic E-state index is 8.01. The number of nitrogens with one attached hydrogen (secondary N) is 1. The average Bonchev–Trinajstić information content (AvgIpc) is 2.24. The van der Waals surface area contributed by atoms with Gasteiger partial charge in [0.25, 0.3) is 0 Å². The van der Waals surface area contributed by atoms with Crippen molar-refractivity contribution in [3.05, 3.63) is 0 Å². The summed E-state index contributed by atoms with van der Waals surface area (Å²) in [6.07, 6.45) is 7.26. The van der Waals surface area contributed by atoms with E-state index < -0.39 is 0 Å². The zero-order chi connectivity index (χ0) is 11.5. The van der Waals surface area contributed by atoms with Gasteiger partial charge in [-0.1, -0.05) is 39.5 Å². The van der Waals surface area contributed by atoms with Crippen LogP contribution in [0.4, 0.5) is 0 Å². The van der Waals surface area contributed by atoms with Crippen LogP contribution in [0.3, 0.4) is 0 Å². The van der Waals surface area contributed by atoms with Crippen LogP contribution in [0.15, 0.2) is 4.47 Å². The number of nitrogens with two attached hydrogens (primary N) is 1. The van der Waals surface area contributed by atoms with E-state index in [9.17, 15) is 0 Å². The molecular weight excluding hydrogens is 226 g/mol. The normalized spacial score (nSPS) is 15.4. The molecule has 0 aromatic rings. The first kappa shape index (κ1) is 15.3. The van der Waals surface area contributed by atoms with E-state index in [1.807, 2.05) is 0 Å². The Balaban J connectivity index is 3.79. The van der Waals surface area contributed by atoms with Crippen molar-refractivity contribution >= 4 is 19.4 Å². The molecular formula is C10H25N3S2. The van der Waals surface area contributed by atoms with Gasteiger partial charge in [0.15, 0.2) is 0 Å². The molecule has 0 aliphatic heterocycles. The van der Waals surface area contributed by atoms with Gasteiger partial charge >= 0.3 is 0 Å². The molecule has 0 rings (SSSR count). The van der Waals surface area contributed by atoms with Gasteiger partial charge in [-0.25, -0.2) is 5.84 Å². The summed E-state index contributed by atoms with van der Waals surface area (Å²) in [5.74, 6) is 7.41. The molecule has 0 spiro atoms. The molecule has 3 N–H and O–H groups in total. The summed E-state index contributed by atoms with van der Waals surface area (Å²) in [6.45, 7) is 4.38. The topological polar surface area (TPSA) is 62.2 Å². The quantitative estimate of drug-likeness (QED) is 0.281. The molecule has 2 unspecified atom stereocenters. The Labute approximate surface area is 98.6 Å². The minimum Gasteiger partial charge on any atom is -0.269 e. The Kier molecular flexibility index (Phi) is 11.0. The van der Waals surface area contributed by atoms with Crippen molar-refractivity contribution in [2.45, 2.75) is 52.4 Å². The van der Waals surface area contributed by atoms with Gasteiger partial charge in [-0.05, 0) is 32.3 Å². The van der Waals surface area contributed by atoms with Crippen molar-refractivity contribution in [1.29, 1.82) is 4.78 Å². The standard InChI is InChI=1S/C10H25N3S2/c1-3-5-7-9-14(12)15(13-11)10-8-6-4-2/h12H,3-11H2,1-2H3. The van der Waals surface area contributed by atoms with Gasteiger partial charge in [0.2, 0.25) is 0 Å². The third kappa shape index (κ3) is 8.11. The zero-order valence-corrected chi connectivity index (χ0v) is 11.6. The highest BCUT2D eigenvalue weighted by atomic mass is 33.1. The van der Waals surface area contributed by atoms with Gasteiger partial charge in [0.05, 0.1) is 0 Å². The highest BCUT2D eigenvalue weighted by Gasteiger charge is 2.03. The fourth-order valence-corrected chi connectivity index (χ4v) is 4.98. The molecule has 0 saturated carbocycles. The number of nitrogens with zero attached hydrogens (tertiary/aromatic N) is 1. The monoisotopic (exact) mass is 251 g/mol. The van der Waals surface area contributed by atoms with E-state index >= 15 is 0 Å². The molecule has 0 aliphatic rings. The smallest absolute Gasteiger partial charge is 0.0164 e. The van der Waals surface area contributed by atoms with E-state index in [1.54, 1.807) is 0 Å². The van der Waals surface area contributed by atoms with Crippen LogP contribution in [0, 0.1) is 4.78 Å². The maximum absolute atomic E-state index is 8.01.